The first-order chi connectivity index (χ1) is 5.27. The second-order valence-electron chi connectivity index (χ2n) is 2.05. The summed E-state index contributed by atoms with van der Waals surface area (Å²) in [5, 5.41) is 0.232. The molecule has 2 N–H and O–H groups in total. The number of hydrogen-bond donors (Lipinski definition) is 1. The highest BCUT2D eigenvalue weighted by atomic mass is 35.5. The third-order valence-corrected chi connectivity index (χ3v) is 1.61. The summed E-state index contributed by atoms with van der Waals surface area (Å²) in [6.07, 6.45) is 0. The minimum atomic E-state index is 0.0175. The molecule has 2 nitrogen and oxygen atoms in total. The fourth-order valence-corrected chi connectivity index (χ4v) is 0.966. The van der Waals surface area contributed by atoms with E-state index >= 15 is 0 Å². The van der Waals surface area contributed by atoms with Crippen molar-refractivity contribution in [1.29, 1.82) is 0 Å². The molecule has 0 heterocycles. The lowest BCUT2D eigenvalue weighted by molar-refractivity contribution is -0.00608. The maximum atomic E-state index is 11.6. The Hall–Kier alpha value is -0.800. The molecule has 1 aromatic carbocycles. The van der Waals surface area contributed by atoms with Crippen LogP contribution in [0.2, 0.25) is 5.02 Å². The van der Waals surface area contributed by atoms with Crippen molar-refractivity contribution in [3.63, 3.8) is 0 Å². The van der Waals surface area contributed by atoms with Crippen LogP contribution >= 0.6 is 11.6 Å². The zero-order valence-corrected chi connectivity index (χ0v) is 6.44. The van der Waals surface area contributed by atoms with Crippen molar-refractivity contribution in [2.24, 2.45) is 5.73 Å². The molecule has 0 amide bonds. The summed E-state index contributed by atoms with van der Waals surface area (Å²) in [5.74, 6) is 0.0175. The number of hydrogen-bond acceptors (Lipinski definition) is 2. The van der Waals surface area contributed by atoms with Crippen LogP contribution in [-0.2, 0) is 6.54 Å². The highest BCUT2D eigenvalue weighted by molar-refractivity contribution is 6.32. The van der Waals surface area contributed by atoms with Gasteiger partial charge in [-0.2, -0.15) is 0 Å². The Bertz CT molecular complexity index is 254. The van der Waals surface area contributed by atoms with Crippen molar-refractivity contribution in [2.75, 3.05) is 0 Å². The van der Waals surface area contributed by atoms with Crippen molar-refractivity contribution in [2.45, 2.75) is 6.54 Å². The van der Waals surface area contributed by atoms with Gasteiger partial charge in [0, 0.05) is 11.1 Å². The zero-order valence-electron chi connectivity index (χ0n) is 5.68. The van der Waals surface area contributed by atoms with E-state index in [0.717, 1.165) is 5.56 Å². The number of nitrogens with two attached hydrogens (primary N) is 1. The summed E-state index contributed by atoms with van der Waals surface area (Å²) < 4.78 is 11.6. The van der Waals surface area contributed by atoms with Crippen molar-refractivity contribution in [3.8, 4) is 5.75 Å². The minimum absolute atomic E-state index is 0.0175. The van der Waals surface area contributed by atoms with Gasteiger partial charge in [0.05, 0.1) is 5.02 Å². The summed E-state index contributed by atoms with van der Waals surface area (Å²) in [7, 11) is 0. The van der Waals surface area contributed by atoms with Gasteiger partial charge in [0.15, 0.2) is 5.75 Å². The molecule has 0 atom stereocenters. The van der Waals surface area contributed by atoms with E-state index in [4.69, 9.17) is 17.3 Å². The summed E-state index contributed by atoms with van der Waals surface area (Å²) in [6.45, 7) is 0.381. The van der Waals surface area contributed by atoms with E-state index in [0.29, 0.717) is 6.54 Å². The molecule has 0 aliphatic heterocycles. The van der Waals surface area contributed by atoms with Crippen LogP contribution in [-0.4, -0.2) is 0 Å². The first-order valence-corrected chi connectivity index (χ1v) is 3.43. The van der Waals surface area contributed by atoms with Crippen molar-refractivity contribution >= 4 is 11.6 Å². The Balaban J connectivity index is 2.99. The summed E-state index contributed by atoms with van der Waals surface area (Å²) >= 11 is 5.59. The summed E-state index contributed by atoms with van der Waals surface area (Å²) in [5.41, 5.74) is 6.16. The lowest BCUT2D eigenvalue weighted by atomic mass is 10.2. The molecule has 1 aromatic rings. The highest BCUT2D eigenvalue weighted by Gasteiger charge is 2.01. The van der Waals surface area contributed by atoms with Gasteiger partial charge in [-0.15, -0.1) is 0 Å². The smallest absolute Gasteiger partial charge is 0.190 e. The molecule has 0 aliphatic carbocycles. The molecule has 0 aliphatic rings. The van der Waals surface area contributed by atoms with Gasteiger partial charge in [-0.1, -0.05) is 17.7 Å². The molecule has 4 heteroatoms. The molecule has 0 saturated carbocycles. The van der Waals surface area contributed by atoms with E-state index in [2.05, 4.69) is 4.94 Å². The fourth-order valence-electron chi connectivity index (χ4n) is 0.734. The molecule has 0 spiro atoms. The van der Waals surface area contributed by atoms with E-state index in [1.807, 2.05) is 0 Å². The molecular formula is C7H7ClFNO. The van der Waals surface area contributed by atoms with Crippen LogP contribution in [0.3, 0.4) is 0 Å². The van der Waals surface area contributed by atoms with Crippen LogP contribution in [0, 0.1) is 0 Å². The van der Waals surface area contributed by atoms with Crippen LogP contribution in [0.5, 0.6) is 5.75 Å². The molecule has 0 aromatic heterocycles. The van der Waals surface area contributed by atoms with Crippen LogP contribution < -0.4 is 10.7 Å². The Morgan fingerprint density at radius 2 is 2.27 bits per heavy atom. The molecule has 0 fully saturated rings. The van der Waals surface area contributed by atoms with Crippen LogP contribution in [0.25, 0.3) is 0 Å². The monoisotopic (exact) mass is 175 g/mol. The predicted octanol–water partition coefficient (Wildman–Crippen LogP) is 2.06. The standard InChI is InChI=1S/C7H7ClFNO/c8-6-3-5(4-10)1-2-7(6)11-9/h1-3H,4,10H2. The lowest BCUT2D eigenvalue weighted by Gasteiger charge is -1.99. The molecule has 0 radical (unpaired) electrons. The molecule has 60 valence electrons. The van der Waals surface area contributed by atoms with Gasteiger partial charge in [-0.05, 0) is 17.7 Å². The van der Waals surface area contributed by atoms with Crippen LogP contribution in [0.15, 0.2) is 18.2 Å². The van der Waals surface area contributed by atoms with Gasteiger partial charge in [-0.25, -0.2) is 0 Å². The first kappa shape index (κ1) is 8.30. The third-order valence-electron chi connectivity index (χ3n) is 1.32. The van der Waals surface area contributed by atoms with E-state index < -0.39 is 0 Å². The van der Waals surface area contributed by atoms with Crippen LogP contribution in [0.4, 0.5) is 4.53 Å². The summed E-state index contributed by atoms with van der Waals surface area (Å²) in [6, 6.07) is 4.65. The number of rotatable bonds is 2. The number of benzene rings is 1. The quantitative estimate of drug-likeness (QED) is 0.747. The molecular weight excluding hydrogens is 169 g/mol. The van der Waals surface area contributed by atoms with Gasteiger partial charge in [-0.3, -0.25) is 4.94 Å². The topological polar surface area (TPSA) is 35.2 Å². The first-order valence-electron chi connectivity index (χ1n) is 3.05. The molecule has 0 bridgehead atoms. The maximum Gasteiger partial charge on any atom is 0.190 e. The zero-order chi connectivity index (χ0) is 8.27. The lowest BCUT2D eigenvalue weighted by Crippen LogP contribution is -1.95. The van der Waals surface area contributed by atoms with Gasteiger partial charge >= 0.3 is 0 Å². The van der Waals surface area contributed by atoms with E-state index in [1.54, 1.807) is 12.1 Å². The average molecular weight is 176 g/mol. The molecule has 0 saturated heterocycles. The highest BCUT2D eigenvalue weighted by Crippen LogP contribution is 2.25. The maximum absolute atomic E-state index is 11.6. The normalized spacial score (nSPS) is 9.73. The van der Waals surface area contributed by atoms with Gasteiger partial charge in [0.2, 0.25) is 0 Å². The Morgan fingerprint density at radius 1 is 1.55 bits per heavy atom. The van der Waals surface area contributed by atoms with Crippen molar-refractivity contribution in [3.05, 3.63) is 28.8 Å². The van der Waals surface area contributed by atoms with E-state index in [9.17, 15) is 4.53 Å². The number of halogens is 2. The van der Waals surface area contributed by atoms with Gasteiger partial charge in [0.1, 0.15) is 0 Å². The Kier molecular flexibility index (Phi) is 2.68. The second-order valence-corrected chi connectivity index (χ2v) is 2.45. The van der Waals surface area contributed by atoms with Gasteiger partial charge in [0.25, 0.3) is 0 Å². The summed E-state index contributed by atoms with van der Waals surface area (Å²) in [4.78, 5) is 3.47. The average Bonchev–Trinajstić information content (AvgIpc) is 2.04. The van der Waals surface area contributed by atoms with Crippen molar-refractivity contribution < 1.29 is 9.47 Å². The largest absolute Gasteiger partial charge is 0.326 e. The van der Waals surface area contributed by atoms with Crippen LogP contribution in [0.1, 0.15) is 5.56 Å². The molecule has 11 heavy (non-hydrogen) atoms. The second kappa shape index (κ2) is 3.55. The third kappa shape index (κ3) is 1.82. The Labute approximate surface area is 68.6 Å². The van der Waals surface area contributed by atoms with Crippen molar-refractivity contribution in [1.82, 2.24) is 0 Å². The fraction of sp³-hybridized carbons (Fsp3) is 0.143. The SMILES string of the molecule is NCc1ccc(OF)c(Cl)c1. The molecule has 0 unspecified atom stereocenters. The molecule has 1 rings (SSSR count). The van der Waals surface area contributed by atoms with E-state index in [1.165, 1.54) is 6.07 Å². The van der Waals surface area contributed by atoms with Gasteiger partial charge < -0.3 is 5.73 Å². The predicted molar refractivity (Wildman–Crippen MR) is 41.1 cm³/mol. The minimum Gasteiger partial charge on any atom is -0.326 e. The Morgan fingerprint density at radius 3 is 2.73 bits per heavy atom. The van der Waals surface area contributed by atoms with E-state index in [-0.39, 0.29) is 10.8 Å².